The first-order valence-electron chi connectivity index (χ1n) is 5.40. The smallest absolute Gasteiger partial charge is 0.160 e. The van der Waals surface area contributed by atoms with Crippen LogP contribution in [0.1, 0.15) is 28.4 Å². The summed E-state index contributed by atoms with van der Waals surface area (Å²) in [7, 11) is 0. The molecule has 1 nitrogen and oxygen atoms in total. The summed E-state index contributed by atoms with van der Waals surface area (Å²) in [5.74, 6) is 0.131. The van der Waals surface area contributed by atoms with E-state index < -0.39 is 0 Å². The highest BCUT2D eigenvalue weighted by Crippen LogP contribution is 2.14. The van der Waals surface area contributed by atoms with E-state index in [-0.39, 0.29) is 5.78 Å². The van der Waals surface area contributed by atoms with Gasteiger partial charge in [0.25, 0.3) is 0 Å². The van der Waals surface area contributed by atoms with E-state index in [2.05, 4.69) is 12.1 Å². The van der Waals surface area contributed by atoms with Crippen LogP contribution in [0.5, 0.6) is 0 Å². The van der Waals surface area contributed by atoms with Crippen LogP contribution in [-0.4, -0.2) is 5.78 Å². The minimum atomic E-state index is 0.131. The Bertz CT molecular complexity index is 486. The summed E-state index contributed by atoms with van der Waals surface area (Å²) in [5, 5.41) is 0. The molecule has 0 atom stereocenters. The zero-order chi connectivity index (χ0) is 11.4. The normalized spacial score (nSPS) is 10.1. The summed E-state index contributed by atoms with van der Waals surface area (Å²) in [6, 6.07) is 18.0. The number of Topliss-reactive ketones (excluding diaryl/α,β-unsaturated/α-hetero) is 1. The fraction of sp³-hybridized carbons (Fsp3) is 0.133. The molecule has 2 aromatic rings. The van der Waals surface area contributed by atoms with Crippen LogP contribution in [0, 0.1) is 0 Å². The molecular weight excluding hydrogens is 196 g/mol. The van der Waals surface area contributed by atoms with Gasteiger partial charge in [-0.2, -0.15) is 0 Å². The molecule has 0 amide bonds. The fourth-order valence-electron chi connectivity index (χ4n) is 1.83. The molecule has 2 aromatic carbocycles. The van der Waals surface area contributed by atoms with Gasteiger partial charge in [0.05, 0.1) is 0 Å². The highest BCUT2D eigenvalue weighted by Gasteiger charge is 2.06. The van der Waals surface area contributed by atoms with Gasteiger partial charge >= 0.3 is 0 Å². The Morgan fingerprint density at radius 1 is 0.938 bits per heavy atom. The molecule has 0 aliphatic heterocycles. The lowest BCUT2D eigenvalue weighted by molar-refractivity contribution is 0.101. The molecule has 0 unspecified atom stereocenters. The predicted molar refractivity (Wildman–Crippen MR) is 65.7 cm³/mol. The maximum absolute atomic E-state index is 11.5. The van der Waals surface area contributed by atoms with E-state index in [0.717, 1.165) is 17.5 Å². The molecule has 1 heteroatoms. The number of carbonyl (C=O) groups is 1. The molecule has 0 N–H and O–H groups in total. The van der Waals surface area contributed by atoms with Crippen molar-refractivity contribution in [1.82, 2.24) is 0 Å². The van der Waals surface area contributed by atoms with E-state index in [1.807, 2.05) is 42.5 Å². The number of ketones is 1. The monoisotopic (exact) mass is 210 g/mol. The second-order valence-corrected chi connectivity index (χ2v) is 3.88. The summed E-state index contributed by atoms with van der Waals surface area (Å²) >= 11 is 0. The van der Waals surface area contributed by atoms with Gasteiger partial charge in [-0.25, -0.2) is 0 Å². The summed E-state index contributed by atoms with van der Waals surface area (Å²) in [6.07, 6.45) is 0.816. The largest absolute Gasteiger partial charge is 0.295 e. The number of hydrogen-bond acceptors (Lipinski definition) is 1. The van der Waals surface area contributed by atoms with E-state index in [1.54, 1.807) is 6.92 Å². The number of rotatable bonds is 3. The van der Waals surface area contributed by atoms with Gasteiger partial charge < -0.3 is 0 Å². The molecule has 0 saturated heterocycles. The third kappa shape index (κ3) is 2.37. The van der Waals surface area contributed by atoms with E-state index in [4.69, 9.17) is 0 Å². The van der Waals surface area contributed by atoms with Crippen molar-refractivity contribution in [2.24, 2.45) is 0 Å². The summed E-state index contributed by atoms with van der Waals surface area (Å²) in [5.41, 5.74) is 3.16. The lowest BCUT2D eigenvalue weighted by atomic mass is 9.98. The molecule has 80 valence electrons. The highest BCUT2D eigenvalue weighted by molar-refractivity contribution is 5.95. The van der Waals surface area contributed by atoms with Crippen LogP contribution in [0.25, 0.3) is 0 Å². The van der Waals surface area contributed by atoms with Crippen molar-refractivity contribution >= 4 is 5.78 Å². The Labute approximate surface area is 95.7 Å². The Kier molecular flexibility index (Phi) is 3.16. The zero-order valence-corrected chi connectivity index (χ0v) is 9.31. The maximum atomic E-state index is 11.5. The molecule has 0 heterocycles. The Morgan fingerprint density at radius 3 is 2.25 bits per heavy atom. The SMILES string of the molecule is CC(=O)c1ccccc1Cc1ccccc1. The van der Waals surface area contributed by atoms with Crippen molar-refractivity contribution in [3.8, 4) is 0 Å². The van der Waals surface area contributed by atoms with Crippen LogP contribution in [0.15, 0.2) is 54.6 Å². The molecule has 16 heavy (non-hydrogen) atoms. The summed E-state index contributed by atoms with van der Waals surface area (Å²) in [4.78, 5) is 11.5. The molecule has 0 saturated carbocycles. The Balaban J connectivity index is 2.31. The van der Waals surface area contributed by atoms with E-state index >= 15 is 0 Å². The van der Waals surface area contributed by atoms with Crippen LogP contribution in [0.3, 0.4) is 0 Å². The zero-order valence-electron chi connectivity index (χ0n) is 9.31. The van der Waals surface area contributed by atoms with Crippen molar-refractivity contribution in [3.63, 3.8) is 0 Å². The summed E-state index contributed by atoms with van der Waals surface area (Å²) < 4.78 is 0. The Morgan fingerprint density at radius 2 is 1.56 bits per heavy atom. The topological polar surface area (TPSA) is 17.1 Å². The van der Waals surface area contributed by atoms with Crippen LogP contribution in [0.4, 0.5) is 0 Å². The second kappa shape index (κ2) is 4.75. The van der Waals surface area contributed by atoms with Crippen LogP contribution in [-0.2, 0) is 6.42 Å². The Hall–Kier alpha value is -1.89. The first-order chi connectivity index (χ1) is 7.77. The van der Waals surface area contributed by atoms with Gasteiger partial charge in [0.2, 0.25) is 0 Å². The summed E-state index contributed by atoms with van der Waals surface area (Å²) in [6.45, 7) is 1.61. The first kappa shape index (κ1) is 10.6. The first-order valence-corrected chi connectivity index (χ1v) is 5.40. The lowest BCUT2D eigenvalue weighted by Gasteiger charge is -2.06. The molecular formula is C15H14O. The molecule has 0 spiro atoms. The molecule has 2 rings (SSSR count). The van der Waals surface area contributed by atoms with Gasteiger partial charge in [-0.05, 0) is 24.5 Å². The van der Waals surface area contributed by atoms with E-state index in [0.29, 0.717) is 0 Å². The van der Waals surface area contributed by atoms with E-state index in [1.165, 1.54) is 5.56 Å². The average molecular weight is 210 g/mol. The van der Waals surface area contributed by atoms with Gasteiger partial charge in [-0.1, -0.05) is 54.6 Å². The van der Waals surface area contributed by atoms with Crippen LogP contribution in [0.2, 0.25) is 0 Å². The number of carbonyl (C=O) groups excluding carboxylic acids is 1. The number of hydrogen-bond donors (Lipinski definition) is 0. The average Bonchev–Trinajstić information content (AvgIpc) is 2.31. The predicted octanol–water partition coefficient (Wildman–Crippen LogP) is 3.48. The van der Waals surface area contributed by atoms with Gasteiger partial charge in [0, 0.05) is 5.56 Å². The second-order valence-electron chi connectivity index (χ2n) is 3.88. The van der Waals surface area contributed by atoms with Gasteiger partial charge in [0.15, 0.2) is 5.78 Å². The molecule has 0 aliphatic carbocycles. The van der Waals surface area contributed by atoms with E-state index in [9.17, 15) is 4.79 Å². The third-order valence-corrected chi connectivity index (χ3v) is 2.63. The molecule has 0 bridgehead atoms. The molecule has 0 radical (unpaired) electrons. The van der Waals surface area contributed by atoms with Crippen molar-refractivity contribution in [1.29, 1.82) is 0 Å². The maximum Gasteiger partial charge on any atom is 0.160 e. The standard InChI is InChI=1S/C15H14O/c1-12(16)15-10-6-5-9-14(15)11-13-7-3-2-4-8-13/h2-10H,11H2,1H3. The van der Waals surface area contributed by atoms with Crippen molar-refractivity contribution in [2.45, 2.75) is 13.3 Å². The van der Waals surface area contributed by atoms with Gasteiger partial charge in [0.1, 0.15) is 0 Å². The minimum Gasteiger partial charge on any atom is -0.295 e. The van der Waals surface area contributed by atoms with Crippen molar-refractivity contribution in [2.75, 3.05) is 0 Å². The highest BCUT2D eigenvalue weighted by atomic mass is 16.1. The van der Waals surface area contributed by atoms with Gasteiger partial charge in [-0.15, -0.1) is 0 Å². The quantitative estimate of drug-likeness (QED) is 0.709. The molecule has 0 aromatic heterocycles. The molecule has 0 fully saturated rings. The van der Waals surface area contributed by atoms with Crippen molar-refractivity contribution < 1.29 is 4.79 Å². The minimum absolute atomic E-state index is 0.131. The fourth-order valence-corrected chi connectivity index (χ4v) is 1.83. The van der Waals surface area contributed by atoms with Crippen LogP contribution >= 0.6 is 0 Å². The number of benzene rings is 2. The third-order valence-electron chi connectivity index (χ3n) is 2.63. The van der Waals surface area contributed by atoms with Crippen LogP contribution < -0.4 is 0 Å². The van der Waals surface area contributed by atoms with Crippen molar-refractivity contribution in [3.05, 3.63) is 71.3 Å². The molecule has 0 aliphatic rings. The van der Waals surface area contributed by atoms with Gasteiger partial charge in [-0.3, -0.25) is 4.79 Å². The lowest BCUT2D eigenvalue weighted by Crippen LogP contribution is -1.99.